The zero-order chi connectivity index (χ0) is 21.1. The largest absolute Gasteiger partial charge is 0.493 e. The number of nitrogens with one attached hydrogen (secondary N) is 2. The molecule has 1 atom stereocenters. The van der Waals surface area contributed by atoms with Crippen LogP contribution in [0.3, 0.4) is 0 Å². The smallest absolute Gasteiger partial charge is 0.261 e. The lowest BCUT2D eigenvalue weighted by Gasteiger charge is -2.31. The van der Waals surface area contributed by atoms with E-state index in [1.807, 2.05) is 12.1 Å². The van der Waals surface area contributed by atoms with Gasteiger partial charge in [0.2, 0.25) is 5.91 Å². The second-order valence-corrected chi connectivity index (χ2v) is 7.48. The van der Waals surface area contributed by atoms with Crippen molar-refractivity contribution in [3.05, 3.63) is 64.7 Å². The Balaban J connectivity index is 1.52. The predicted molar refractivity (Wildman–Crippen MR) is 111 cm³/mol. The molecule has 2 aliphatic heterocycles. The average Bonchev–Trinajstić information content (AvgIpc) is 3.01. The molecule has 0 aliphatic carbocycles. The van der Waals surface area contributed by atoms with Crippen LogP contribution in [0.25, 0.3) is 0 Å². The Morgan fingerprint density at radius 2 is 1.87 bits per heavy atom. The minimum absolute atomic E-state index is 0.0149. The number of carbonyl (C=O) groups excluding carboxylic acids is 3. The van der Waals surface area contributed by atoms with E-state index in [9.17, 15) is 14.4 Å². The highest BCUT2D eigenvalue weighted by molar-refractivity contribution is 6.21. The molecule has 7 nitrogen and oxygen atoms in total. The Bertz CT molecular complexity index is 953. The molecule has 4 rings (SSSR count). The fraction of sp³-hybridized carbons (Fsp3) is 0.348. The van der Waals surface area contributed by atoms with Gasteiger partial charge in [0.15, 0.2) is 0 Å². The second-order valence-electron chi connectivity index (χ2n) is 7.48. The van der Waals surface area contributed by atoms with E-state index in [1.54, 1.807) is 31.3 Å². The molecular formula is C23H25N3O4. The molecule has 156 valence electrons. The van der Waals surface area contributed by atoms with Crippen molar-refractivity contribution in [1.29, 1.82) is 0 Å². The van der Waals surface area contributed by atoms with Gasteiger partial charge < -0.3 is 15.4 Å². The van der Waals surface area contributed by atoms with Gasteiger partial charge in [-0.25, -0.2) is 0 Å². The molecule has 2 N–H and O–H groups in total. The maximum absolute atomic E-state index is 12.8. The van der Waals surface area contributed by atoms with Crippen LogP contribution in [-0.4, -0.2) is 49.4 Å². The lowest BCUT2D eigenvalue weighted by Crippen LogP contribution is -2.41. The summed E-state index contributed by atoms with van der Waals surface area (Å²) in [6, 6.07) is 12.6. The third kappa shape index (κ3) is 3.80. The van der Waals surface area contributed by atoms with E-state index in [0.717, 1.165) is 29.8 Å². The molecule has 0 saturated heterocycles. The van der Waals surface area contributed by atoms with Crippen LogP contribution < -0.4 is 15.4 Å². The first-order valence-electron chi connectivity index (χ1n) is 10.2. The average molecular weight is 407 g/mol. The minimum atomic E-state index is -0.256. The highest BCUT2D eigenvalue weighted by atomic mass is 16.5. The van der Waals surface area contributed by atoms with Gasteiger partial charge in [0, 0.05) is 25.6 Å². The summed E-state index contributed by atoms with van der Waals surface area (Å²) in [7, 11) is 1.62. The number of benzene rings is 2. The van der Waals surface area contributed by atoms with Crippen LogP contribution in [0.4, 0.5) is 0 Å². The van der Waals surface area contributed by atoms with Crippen LogP contribution in [0.1, 0.15) is 50.7 Å². The number of carbonyl (C=O) groups is 3. The van der Waals surface area contributed by atoms with E-state index >= 15 is 0 Å². The highest BCUT2D eigenvalue weighted by Crippen LogP contribution is 2.34. The number of amides is 3. The number of ether oxygens (including phenoxy) is 1. The standard InChI is InChI=1S/C23H25N3O4/c1-24-20(27)10-5-13-30-19-9-4-6-15-11-12-25-18(21(15)19)14-26-22(28)16-7-2-3-8-17(16)23(26)29/h2-4,6-9,18,25H,5,10-14H2,1H3,(H,24,27)/t18-/m1/s1. The number of imide groups is 1. The van der Waals surface area contributed by atoms with Crippen molar-refractivity contribution >= 4 is 17.7 Å². The lowest BCUT2D eigenvalue weighted by atomic mass is 9.93. The van der Waals surface area contributed by atoms with Crippen LogP contribution in [0.5, 0.6) is 5.75 Å². The third-order valence-corrected chi connectivity index (χ3v) is 5.62. The van der Waals surface area contributed by atoms with Crippen molar-refractivity contribution in [3.63, 3.8) is 0 Å². The van der Waals surface area contributed by atoms with Gasteiger partial charge >= 0.3 is 0 Å². The fourth-order valence-corrected chi connectivity index (χ4v) is 4.10. The molecule has 0 aromatic heterocycles. The number of rotatable bonds is 7. The van der Waals surface area contributed by atoms with Gasteiger partial charge in [-0.1, -0.05) is 24.3 Å². The Morgan fingerprint density at radius 1 is 1.13 bits per heavy atom. The zero-order valence-electron chi connectivity index (χ0n) is 16.9. The van der Waals surface area contributed by atoms with E-state index in [2.05, 4.69) is 16.7 Å². The number of hydrogen-bond donors (Lipinski definition) is 2. The van der Waals surface area contributed by atoms with Crippen LogP contribution in [0.15, 0.2) is 42.5 Å². The quantitative estimate of drug-likeness (QED) is 0.542. The molecule has 0 saturated carbocycles. The summed E-state index contributed by atoms with van der Waals surface area (Å²) in [5.41, 5.74) is 3.05. The third-order valence-electron chi connectivity index (χ3n) is 5.62. The number of nitrogens with zero attached hydrogens (tertiary/aromatic N) is 1. The summed E-state index contributed by atoms with van der Waals surface area (Å²) >= 11 is 0. The van der Waals surface area contributed by atoms with Crippen LogP contribution in [0, 0.1) is 0 Å². The molecule has 0 radical (unpaired) electrons. The molecule has 2 heterocycles. The molecule has 0 unspecified atom stereocenters. The minimum Gasteiger partial charge on any atom is -0.493 e. The summed E-state index contributed by atoms with van der Waals surface area (Å²) < 4.78 is 6.00. The summed E-state index contributed by atoms with van der Waals surface area (Å²) in [4.78, 5) is 38.3. The van der Waals surface area contributed by atoms with Gasteiger partial charge in [-0.2, -0.15) is 0 Å². The van der Waals surface area contributed by atoms with Gasteiger partial charge in [0.05, 0.1) is 23.8 Å². The molecule has 3 amide bonds. The first-order valence-corrected chi connectivity index (χ1v) is 10.2. The maximum Gasteiger partial charge on any atom is 0.261 e. The van der Waals surface area contributed by atoms with Crippen molar-refractivity contribution < 1.29 is 19.1 Å². The van der Waals surface area contributed by atoms with Crippen molar-refractivity contribution in [2.24, 2.45) is 0 Å². The lowest BCUT2D eigenvalue weighted by molar-refractivity contribution is -0.120. The first kappa shape index (κ1) is 20.1. The molecule has 30 heavy (non-hydrogen) atoms. The van der Waals surface area contributed by atoms with Crippen molar-refractivity contribution in [2.45, 2.75) is 25.3 Å². The topological polar surface area (TPSA) is 87.7 Å². The highest BCUT2D eigenvalue weighted by Gasteiger charge is 2.38. The van der Waals surface area contributed by atoms with Gasteiger partial charge in [-0.05, 0) is 43.1 Å². The Hall–Kier alpha value is -3.19. The Morgan fingerprint density at radius 3 is 2.57 bits per heavy atom. The molecule has 0 spiro atoms. The molecule has 2 aromatic rings. The van der Waals surface area contributed by atoms with Crippen molar-refractivity contribution in [3.8, 4) is 5.75 Å². The van der Waals surface area contributed by atoms with Crippen molar-refractivity contribution in [1.82, 2.24) is 15.5 Å². The van der Waals surface area contributed by atoms with Gasteiger partial charge in [-0.15, -0.1) is 0 Å². The van der Waals surface area contributed by atoms with Gasteiger partial charge in [0.25, 0.3) is 11.8 Å². The molecule has 2 aromatic carbocycles. The summed E-state index contributed by atoms with van der Waals surface area (Å²) in [6.07, 6.45) is 1.87. The van der Waals surface area contributed by atoms with Gasteiger partial charge in [0.1, 0.15) is 5.75 Å². The summed E-state index contributed by atoms with van der Waals surface area (Å²) in [6.45, 7) is 1.43. The van der Waals surface area contributed by atoms with Crippen LogP contribution in [-0.2, 0) is 11.2 Å². The normalized spacial score (nSPS) is 17.5. The van der Waals surface area contributed by atoms with E-state index in [1.165, 1.54) is 4.90 Å². The SMILES string of the molecule is CNC(=O)CCCOc1cccc2c1[C@@H](CN1C(=O)c3ccccc3C1=O)NCC2. The molecular weight excluding hydrogens is 382 g/mol. The Labute approximate surface area is 175 Å². The zero-order valence-corrected chi connectivity index (χ0v) is 16.9. The van der Waals surface area contributed by atoms with Crippen LogP contribution >= 0.6 is 0 Å². The van der Waals surface area contributed by atoms with Crippen molar-refractivity contribution in [2.75, 3.05) is 26.7 Å². The molecule has 0 fully saturated rings. The van der Waals surface area contributed by atoms with E-state index < -0.39 is 0 Å². The Kier molecular flexibility index (Phi) is 5.81. The number of hydrogen-bond acceptors (Lipinski definition) is 5. The fourth-order valence-electron chi connectivity index (χ4n) is 4.10. The predicted octanol–water partition coefficient (Wildman–Crippen LogP) is 2.07. The van der Waals surface area contributed by atoms with E-state index in [-0.39, 0.29) is 30.3 Å². The molecule has 2 aliphatic rings. The summed E-state index contributed by atoms with van der Waals surface area (Å²) in [5, 5.41) is 6.04. The number of fused-ring (bicyclic) bond motifs is 2. The maximum atomic E-state index is 12.8. The van der Waals surface area contributed by atoms with E-state index in [4.69, 9.17) is 4.74 Å². The summed E-state index contributed by atoms with van der Waals surface area (Å²) in [5.74, 6) is 0.207. The first-order chi connectivity index (χ1) is 14.6. The van der Waals surface area contributed by atoms with Crippen LogP contribution in [0.2, 0.25) is 0 Å². The van der Waals surface area contributed by atoms with E-state index in [0.29, 0.717) is 30.6 Å². The second kappa shape index (κ2) is 8.67. The molecule has 0 bridgehead atoms. The monoisotopic (exact) mass is 407 g/mol. The molecule has 7 heteroatoms. The van der Waals surface area contributed by atoms with Gasteiger partial charge in [-0.3, -0.25) is 19.3 Å².